The average Bonchev–Trinajstić information content (AvgIpc) is 2.46. The number of amides is 1. The van der Waals surface area contributed by atoms with Gasteiger partial charge < -0.3 is 15.4 Å². The maximum absolute atomic E-state index is 12.6. The summed E-state index contributed by atoms with van der Waals surface area (Å²) < 4.78 is 5.68. The van der Waals surface area contributed by atoms with Crippen LogP contribution in [0, 0.1) is 5.92 Å². The van der Waals surface area contributed by atoms with Gasteiger partial charge in [0.25, 0.3) is 5.91 Å². The molecule has 110 valence electrons. The molecule has 2 saturated heterocycles. The fraction of sp³-hybridized carbons (Fsp3) is 0.929. The number of ether oxygens (including phenoxy) is 1. The van der Waals surface area contributed by atoms with Crippen molar-refractivity contribution in [3.8, 4) is 0 Å². The maximum Gasteiger partial charge on any atom is 0.253 e. The van der Waals surface area contributed by atoms with Gasteiger partial charge in [-0.3, -0.25) is 9.69 Å². The van der Waals surface area contributed by atoms with Crippen LogP contribution in [0.25, 0.3) is 0 Å². The smallest absolute Gasteiger partial charge is 0.253 e. The van der Waals surface area contributed by atoms with Gasteiger partial charge in [0.1, 0.15) is 6.10 Å². The molecule has 3 atom stereocenters. The molecule has 5 heteroatoms. The number of hydrogen-bond donors (Lipinski definition) is 1. The lowest BCUT2D eigenvalue weighted by atomic mass is 9.90. The van der Waals surface area contributed by atoms with Gasteiger partial charge in [-0.15, -0.1) is 0 Å². The number of nitrogens with zero attached hydrogens (tertiary/aromatic N) is 2. The van der Waals surface area contributed by atoms with Crippen LogP contribution >= 0.6 is 0 Å². The second kappa shape index (κ2) is 6.68. The van der Waals surface area contributed by atoms with Gasteiger partial charge in [-0.2, -0.15) is 0 Å². The lowest BCUT2D eigenvalue weighted by Gasteiger charge is -2.42. The highest BCUT2D eigenvalue weighted by Gasteiger charge is 2.36. The Hall–Kier alpha value is -0.650. The van der Waals surface area contributed by atoms with E-state index in [1.54, 1.807) is 0 Å². The first-order valence-corrected chi connectivity index (χ1v) is 7.51. The predicted octanol–water partition coefficient (Wildman–Crippen LogP) is 0.293. The third-order valence-corrected chi connectivity index (χ3v) is 4.51. The Balaban J connectivity index is 2.01. The number of rotatable bonds is 3. The molecule has 2 N–H and O–H groups in total. The molecule has 0 aromatic carbocycles. The normalized spacial score (nSPS) is 33.4. The number of likely N-dealkylation sites (tertiary alicyclic amines) is 1. The van der Waals surface area contributed by atoms with E-state index in [1.165, 1.54) is 0 Å². The van der Waals surface area contributed by atoms with Crippen LogP contribution in [0.15, 0.2) is 0 Å². The van der Waals surface area contributed by atoms with Crippen molar-refractivity contribution in [2.24, 2.45) is 11.7 Å². The summed E-state index contributed by atoms with van der Waals surface area (Å²) in [6, 6.07) is 0.182. The Morgan fingerprint density at radius 3 is 2.89 bits per heavy atom. The van der Waals surface area contributed by atoms with E-state index in [2.05, 4.69) is 18.7 Å². The molecule has 0 aromatic heterocycles. The molecule has 0 radical (unpaired) electrons. The first-order valence-electron chi connectivity index (χ1n) is 7.51. The van der Waals surface area contributed by atoms with Crippen molar-refractivity contribution in [1.29, 1.82) is 0 Å². The number of hydrogen-bond acceptors (Lipinski definition) is 4. The van der Waals surface area contributed by atoms with Gasteiger partial charge in [-0.1, -0.05) is 13.8 Å². The molecule has 19 heavy (non-hydrogen) atoms. The van der Waals surface area contributed by atoms with Crippen LogP contribution in [0.1, 0.15) is 26.7 Å². The van der Waals surface area contributed by atoms with Crippen molar-refractivity contribution in [1.82, 2.24) is 9.80 Å². The Morgan fingerprint density at radius 2 is 2.21 bits per heavy atom. The monoisotopic (exact) mass is 269 g/mol. The molecule has 0 aromatic rings. The van der Waals surface area contributed by atoms with Gasteiger partial charge in [0.05, 0.1) is 6.61 Å². The summed E-state index contributed by atoms with van der Waals surface area (Å²) >= 11 is 0. The molecule has 2 rings (SSSR count). The summed E-state index contributed by atoms with van der Waals surface area (Å²) in [4.78, 5) is 16.9. The van der Waals surface area contributed by atoms with E-state index in [1.807, 2.05) is 4.90 Å². The average molecular weight is 269 g/mol. The highest BCUT2D eigenvalue weighted by molar-refractivity contribution is 5.81. The van der Waals surface area contributed by atoms with E-state index in [0.29, 0.717) is 19.1 Å². The van der Waals surface area contributed by atoms with E-state index < -0.39 is 0 Å². The Kier molecular flexibility index (Phi) is 5.19. The molecule has 0 saturated carbocycles. The Bertz CT molecular complexity index is 311. The minimum absolute atomic E-state index is 0.139. The number of carbonyl (C=O) groups excluding carboxylic acids is 1. The number of carbonyl (C=O) groups is 1. The molecule has 1 amide bonds. The quantitative estimate of drug-likeness (QED) is 0.800. The summed E-state index contributed by atoms with van der Waals surface area (Å²) in [5, 5.41) is 0. The summed E-state index contributed by atoms with van der Waals surface area (Å²) in [5.41, 5.74) is 5.86. The van der Waals surface area contributed by atoms with Crippen LogP contribution in [0.2, 0.25) is 0 Å². The second-order valence-corrected chi connectivity index (χ2v) is 5.71. The van der Waals surface area contributed by atoms with Gasteiger partial charge in [0.2, 0.25) is 0 Å². The lowest BCUT2D eigenvalue weighted by Crippen LogP contribution is -2.57. The zero-order chi connectivity index (χ0) is 13.8. The first-order chi connectivity index (χ1) is 9.17. The Labute approximate surface area is 116 Å². The zero-order valence-corrected chi connectivity index (χ0v) is 12.2. The SMILES string of the molecule is CCN1CCO[C@H](C(=O)N2CCC[C@H](C)[C@@H]2CN)C1. The molecule has 0 bridgehead atoms. The van der Waals surface area contributed by atoms with Crippen LogP contribution in [0.4, 0.5) is 0 Å². The molecular formula is C14H27N3O2. The molecule has 2 aliphatic heterocycles. The van der Waals surface area contributed by atoms with Crippen molar-refractivity contribution in [3.05, 3.63) is 0 Å². The molecule has 2 heterocycles. The van der Waals surface area contributed by atoms with Crippen LogP contribution < -0.4 is 5.73 Å². The van der Waals surface area contributed by atoms with E-state index in [9.17, 15) is 4.79 Å². The van der Waals surface area contributed by atoms with Gasteiger partial charge in [0.15, 0.2) is 0 Å². The molecule has 2 aliphatic rings. The standard InChI is InChI=1S/C14H27N3O2/c1-3-16-7-8-19-13(10-16)14(18)17-6-4-5-11(2)12(17)9-15/h11-13H,3-10,15H2,1-2H3/t11-,12-,13-/m0/s1. The van der Waals surface area contributed by atoms with Gasteiger partial charge >= 0.3 is 0 Å². The van der Waals surface area contributed by atoms with Crippen molar-refractivity contribution < 1.29 is 9.53 Å². The number of likely N-dealkylation sites (N-methyl/N-ethyl adjacent to an activating group) is 1. The minimum atomic E-state index is -0.298. The molecule has 2 fully saturated rings. The maximum atomic E-state index is 12.6. The number of nitrogens with two attached hydrogens (primary N) is 1. The van der Waals surface area contributed by atoms with Crippen LogP contribution in [-0.4, -0.2) is 67.2 Å². The minimum Gasteiger partial charge on any atom is -0.366 e. The van der Waals surface area contributed by atoms with E-state index in [-0.39, 0.29) is 18.1 Å². The van der Waals surface area contributed by atoms with Crippen LogP contribution in [-0.2, 0) is 9.53 Å². The lowest BCUT2D eigenvalue weighted by molar-refractivity contribution is -0.154. The van der Waals surface area contributed by atoms with Crippen molar-refractivity contribution in [2.75, 3.05) is 39.3 Å². The summed E-state index contributed by atoms with van der Waals surface area (Å²) in [6.45, 7) is 8.98. The van der Waals surface area contributed by atoms with Gasteiger partial charge in [-0.25, -0.2) is 0 Å². The summed E-state index contributed by atoms with van der Waals surface area (Å²) in [5.74, 6) is 0.633. The second-order valence-electron chi connectivity index (χ2n) is 5.71. The van der Waals surface area contributed by atoms with Crippen LogP contribution in [0.3, 0.4) is 0 Å². The highest BCUT2D eigenvalue weighted by Crippen LogP contribution is 2.24. The first kappa shape index (κ1) is 14.8. The van der Waals surface area contributed by atoms with Gasteiger partial charge in [-0.05, 0) is 25.3 Å². The topological polar surface area (TPSA) is 58.8 Å². The summed E-state index contributed by atoms with van der Waals surface area (Å²) in [7, 11) is 0. The fourth-order valence-electron chi connectivity index (χ4n) is 3.21. The van der Waals surface area contributed by atoms with Crippen molar-refractivity contribution in [3.63, 3.8) is 0 Å². The largest absolute Gasteiger partial charge is 0.366 e. The molecular weight excluding hydrogens is 242 g/mol. The number of piperidine rings is 1. The third kappa shape index (κ3) is 3.27. The summed E-state index contributed by atoms with van der Waals surface area (Å²) in [6.07, 6.45) is 1.94. The van der Waals surface area contributed by atoms with Crippen LogP contribution in [0.5, 0.6) is 0 Å². The third-order valence-electron chi connectivity index (χ3n) is 4.51. The van der Waals surface area contributed by atoms with E-state index in [0.717, 1.165) is 39.0 Å². The molecule has 0 unspecified atom stereocenters. The zero-order valence-electron chi connectivity index (χ0n) is 12.2. The number of morpholine rings is 1. The fourth-order valence-corrected chi connectivity index (χ4v) is 3.21. The van der Waals surface area contributed by atoms with Gasteiger partial charge in [0, 0.05) is 32.2 Å². The molecule has 0 aliphatic carbocycles. The van der Waals surface area contributed by atoms with Crippen molar-refractivity contribution in [2.45, 2.75) is 38.8 Å². The predicted molar refractivity (Wildman–Crippen MR) is 74.8 cm³/mol. The Morgan fingerprint density at radius 1 is 1.42 bits per heavy atom. The highest BCUT2D eigenvalue weighted by atomic mass is 16.5. The van der Waals surface area contributed by atoms with E-state index >= 15 is 0 Å². The molecule has 0 spiro atoms. The van der Waals surface area contributed by atoms with Crippen molar-refractivity contribution >= 4 is 5.91 Å². The van der Waals surface area contributed by atoms with E-state index in [4.69, 9.17) is 10.5 Å². The molecule has 5 nitrogen and oxygen atoms in total.